The van der Waals surface area contributed by atoms with Crippen LogP contribution in [0.4, 0.5) is 5.82 Å². The second kappa shape index (κ2) is 11.8. The van der Waals surface area contributed by atoms with E-state index >= 15 is 0 Å². The van der Waals surface area contributed by atoms with Gasteiger partial charge in [-0.05, 0) is 78.5 Å². The van der Waals surface area contributed by atoms with Crippen molar-refractivity contribution in [2.75, 3.05) is 5.32 Å². The van der Waals surface area contributed by atoms with Crippen LogP contribution in [0.2, 0.25) is 0 Å². The van der Waals surface area contributed by atoms with Crippen molar-refractivity contribution >= 4 is 57.7 Å². The maximum Gasteiger partial charge on any atom is 0.300 e. The van der Waals surface area contributed by atoms with Crippen molar-refractivity contribution in [3.05, 3.63) is 44.7 Å². The lowest BCUT2D eigenvalue weighted by Crippen LogP contribution is -2.60. The molecular formula is C28H39N5O4S2. The van der Waals surface area contributed by atoms with Crippen molar-refractivity contribution in [1.82, 2.24) is 19.6 Å². The van der Waals surface area contributed by atoms with Gasteiger partial charge in [0.1, 0.15) is 15.8 Å². The summed E-state index contributed by atoms with van der Waals surface area (Å²) in [4.78, 5) is 42.9. The lowest BCUT2D eigenvalue weighted by molar-refractivity contribution is -0.134. The molecule has 212 valence electrons. The number of rotatable bonds is 5. The lowest BCUT2D eigenvalue weighted by atomic mass is 9.79. The van der Waals surface area contributed by atoms with Crippen LogP contribution in [0.5, 0.6) is 0 Å². The number of nitrogens with zero attached hydrogens (tertiary/aromatic N) is 3. The summed E-state index contributed by atoms with van der Waals surface area (Å²) in [5.41, 5.74) is 1.56. The molecule has 4 heterocycles. The van der Waals surface area contributed by atoms with Crippen LogP contribution in [-0.4, -0.2) is 58.7 Å². The van der Waals surface area contributed by atoms with Gasteiger partial charge in [0.15, 0.2) is 0 Å². The Kier molecular flexibility index (Phi) is 9.29. The zero-order valence-corrected chi connectivity index (χ0v) is 25.5. The molecule has 11 heteroatoms. The van der Waals surface area contributed by atoms with Crippen LogP contribution in [0.3, 0.4) is 0 Å². The summed E-state index contributed by atoms with van der Waals surface area (Å²) in [5.74, 6) is -0.482. The van der Waals surface area contributed by atoms with E-state index in [1.165, 1.54) is 11.8 Å². The van der Waals surface area contributed by atoms with Gasteiger partial charge in [0.2, 0.25) is 0 Å². The molecule has 2 aliphatic heterocycles. The fourth-order valence-electron chi connectivity index (χ4n) is 5.29. The standard InChI is InChI=1S/C26H35N5O2S2.C2H4O2/c1-8-16(3)31-23(33)19(35-24(31)34)11-18-21(27-17-12-25(4,5)29-26(6,7)13-17)28-20-10-9-15(2)14-30(20)22(18)32;1-2(3)4/h9-11,14,16-17,27,29H,8,12-13H2,1-7H3;1H3,(H,3,4). The molecule has 1 atom stereocenters. The maximum atomic E-state index is 13.7. The zero-order chi connectivity index (χ0) is 29.3. The van der Waals surface area contributed by atoms with Gasteiger partial charge in [0.25, 0.3) is 17.4 Å². The van der Waals surface area contributed by atoms with Crippen molar-refractivity contribution in [3.8, 4) is 0 Å². The molecular weight excluding hydrogens is 534 g/mol. The number of carbonyl (C=O) groups is 2. The smallest absolute Gasteiger partial charge is 0.300 e. The average molecular weight is 574 g/mol. The molecule has 2 fully saturated rings. The van der Waals surface area contributed by atoms with Crippen LogP contribution in [0.1, 0.15) is 78.9 Å². The Morgan fingerprint density at radius 2 is 1.87 bits per heavy atom. The number of pyridine rings is 1. The number of nitrogens with one attached hydrogen (secondary N) is 2. The van der Waals surface area contributed by atoms with Crippen LogP contribution in [-0.2, 0) is 9.59 Å². The number of thioether (sulfide) groups is 1. The number of anilines is 1. The molecule has 2 saturated heterocycles. The minimum Gasteiger partial charge on any atom is -0.481 e. The molecule has 3 N–H and O–H groups in total. The van der Waals surface area contributed by atoms with Gasteiger partial charge in [-0.15, -0.1) is 0 Å². The first kappa shape index (κ1) is 30.8. The predicted octanol–water partition coefficient (Wildman–Crippen LogP) is 4.81. The minimum absolute atomic E-state index is 0.00340. The van der Waals surface area contributed by atoms with Crippen LogP contribution >= 0.6 is 24.0 Å². The largest absolute Gasteiger partial charge is 0.481 e. The molecule has 0 aliphatic carbocycles. The average Bonchev–Trinajstić information content (AvgIpc) is 3.06. The van der Waals surface area contributed by atoms with E-state index < -0.39 is 5.97 Å². The summed E-state index contributed by atoms with van der Waals surface area (Å²) in [6.07, 6.45) is 6.01. The zero-order valence-electron chi connectivity index (χ0n) is 23.9. The molecule has 2 aliphatic rings. The Hall–Kier alpha value is -2.76. The Bertz CT molecular complexity index is 1360. The van der Waals surface area contributed by atoms with Crippen molar-refractivity contribution in [2.45, 2.75) is 97.8 Å². The maximum absolute atomic E-state index is 13.7. The van der Waals surface area contributed by atoms with Gasteiger partial charge in [-0.1, -0.05) is 37.0 Å². The number of hydrogen-bond donors (Lipinski definition) is 3. The fraction of sp³-hybridized carbons (Fsp3) is 0.536. The SMILES string of the molecule is CC(=O)O.CCC(C)N1C(=O)C(=Cc2c(NC3CC(C)(C)NC(C)(C)C3)nc3ccc(C)cn3c2=O)SC1=S. The fourth-order valence-corrected chi connectivity index (χ4v) is 6.73. The minimum atomic E-state index is -0.833. The molecule has 39 heavy (non-hydrogen) atoms. The highest BCUT2D eigenvalue weighted by Gasteiger charge is 2.39. The van der Waals surface area contributed by atoms with Gasteiger partial charge in [-0.3, -0.25) is 23.7 Å². The van der Waals surface area contributed by atoms with E-state index in [0.717, 1.165) is 31.7 Å². The molecule has 2 aromatic heterocycles. The Morgan fingerprint density at radius 1 is 1.28 bits per heavy atom. The number of carboxylic acids is 1. The first-order valence-electron chi connectivity index (χ1n) is 13.1. The summed E-state index contributed by atoms with van der Waals surface area (Å²) in [6.45, 7) is 15.8. The van der Waals surface area contributed by atoms with Gasteiger partial charge in [0.05, 0.1) is 10.5 Å². The van der Waals surface area contributed by atoms with E-state index in [-0.39, 0.29) is 34.6 Å². The van der Waals surface area contributed by atoms with Crippen LogP contribution in [0.15, 0.2) is 28.0 Å². The van der Waals surface area contributed by atoms with Gasteiger partial charge >= 0.3 is 0 Å². The molecule has 0 spiro atoms. The molecule has 0 bridgehead atoms. The van der Waals surface area contributed by atoms with Crippen LogP contribution in [0.25, 0.3) is 11.7 Å². The summed E-state index contributed by atoms with van der Waals surface area (Å²) in [5, 5.41) is 14.7. The van der Waals surface area contributed by atoms with E-state index in [1.807, 2.05) is 32.9 Å². The highest BCUT2D eigenvalue weighted by molar-refractivity contribution is 8.26. The molecule has 9 nitrogen and oxygen atoms in total. The van der Waals surface area contributed by atoms with Crippen LogP contribution < -0.4 is 16.2 Å². The number of thiocarbonyl (C=S) groups is 1. The molecule has 0 aromatic carbocycles. The number of aromatic nitrogens is 2. The molecule has 0 saturated carbocycles. The van der Waals surface area contributed by atoms with Gasteiger partial charge < -0.3 is 15.7 Å². The molecule has 4 rings (SSSR count). The molecule has 1 amide bonds. The van der Waals surface area contributed by atoms with E-state index in [2.05, 4.69) is 38.3 Å². The Labute approximate surface area is 239 Å². The van der Waals surface area contributed by atoms with Crippen LogP contribution in [0, 0.1) is 6.92 Å². The first-order chi connectivity index (χ1) is 18.0. The quantitative estimate of drug-likeness (QED) is 0.342. The third-order valence-electron chi connectivity index (χ3n) is 6.67. The number of amides is 1. The van der Waals surface area contributed by atoms with Crippen molar-refractivity contribution in [3.63, 3.8) is 0 Å². The molecule has 1 unspecified atom stereocenters. The molecule has 0 radical (unpaired) electrons. The third kappa shape index (κ3) is 7.46. The summed E-state index contributed by atoms with van der Waals surface area (Å²) in [7, 11) is 0. The molecule has 2 aromatic rings. The van der Waals surface area contributed by atoms with Crippen molar-refractivity contribution < 1.29 is 14.7 Å². The normalized spacial score (nSPS) is 20.6. The van der Waals surface area contributed by atoms with Gasteiger partial charge in [-0.2, -0.15) is 0 Å². The summed E-state index contributed by atoms with van der Waals surface area (Å²) >= 11 is 6.75. The first-order valence-corrected chi connectivity index (χ1v) is 14.3. The second-order valence-electron chi connectivity index (χ2n) is 11.6. The number of hydrogen-bond acceptors (Lipinski definition) is 8. The summed E-state index contributed by atoms with van der Waals surface area (Å²) in [6, 6.07) is 3.91. The highest BCUT2D eigenvalue weighted by atomic mass is 32.2. The van der Waals surface area contributed by atoms with E-state index in [1.54, 1.807) is 21.6 Å². The number of aliphatic carboxylic acids is 1. The summed E-state index contributed by atoms with van der Waals surface area (Å²) < 4.78 is 2.08. The Balaban J connectivity index is 0.000000983. The Morgan fingerprint density at radius 3 is 2.44 bits per heavy atom. The predicted molar refractivity (Wildman–Crippen MR) is 162 cm³/mol. The van der Waals surface area contributed by atoms with E-state index in [9.17, 15) is 9.59 Å². The topological polar surface area (TPSA) is 116 Å². The van der Waals surface area contributed by atoms with Gasteiger partial charge in [-0.25, -0.2) is 4.98 Å². The lowest BCUT2D eigenvalue weighted by Gasteiger charge is -2.46. The van der Waals surface area contributed by atoms with Crippen molar-refractivity contribution in [2.24, 2.45) is 0 Å². The second-order valence-corrected chi connectivity index (χ2v) is 13.3. The van der Waals surface area contributed by atoms with Crippen molar-refractivity contribution in [1.29, 1.82) is 0 Å². The number of carbonyl (C=O) groups excluding carboxylic acids is 1. The monoisotopic (exact) mass is 573 g/mol. The number of piperidine rings is 1. The number of carboxylic acid groups (broad SMARTS) is 1. The number of aryl methyl sites for hydroxylation is 1. The highest BCUT2D eigenvalue weighted by Crippen LogP contribution is 2.36. The van der Waals surface area contributed by atoms with Gasteiger partial charge in [0, 0.05) is 36.3 Å². The number of fused-ring (bicyclic) bond motifs is 1. The van der Waals surface area contributed by atoms with E-state index in [0.29, 0.717) is 26.3 Å². The third-order valence-corrected chi connectivity index (χ3v) is 8.00. The van der Waals surface area contributed by atoms with E-state index in [4.69, 9.17) is 27.1 Å².